The number of carbonyl (C=O) groups excluding carboxylic acids is 1. The van der Waals surface area contributed by atoms with Crippen molar-refractivity contribution in [1.82, 2.24) is 14.9 Å². The van der Waals surface area contributed by atoms with Gasteiger partial charge in [-0.15, -0.1) is 0 Å². The van der Waals surface area contributed by atoms with Gasteiger partial charge in [0.2, 0.25) is 5.91 Å². The van der Waals surface area contributed by atoms with Crippen LogP contribution in [0.5, 0.6) is 0 Å². The SMILES string of the molecule is CCCCC1CCC(C(=O)NCCc2nc3ccccc3n2CCC)CC1. The van der Waals surface area contributed by atoms with Gasteiger partial charge in [-0.1, -0.05) is 45.2 Å². The first-order valence-electron chi connectivity index (χ1n) is 10.9. The minimum atomic E-state index is 0.220. The van der Waals surface area contributed by atoms with E-state index in [-0.39, 0.29) is 11.8 Å². The summed E-state index contributed by atoms with van der Waals surface area (Å²) in [5, 5.41) is 3.18. The first-order chi connectivity index (χ1) is 13.2. The first kappa shape index (κ1) is 19.9. The standard InChI is InChI=1S/C23H35N3O/c1-3-5-8-18-11-13-19(14-12-18)23(27)24-16-15-22-25-20-9-6-7-10-21(20)26(22)17-4-2/h6-7,9-10,18-19H,3-5,8,11-17H2,1-2H3,(H,24,27). The number of para-hydroxylation sites is 2. The van der Waals surface area contributed by atoms with Gasteiger partial charge in [0.15, 0.2) is 0 Å². The van der Waals surface area contributed by atoms with Crippen LogP contribution in [0.15, 0.2) is 24.3 Å². The Morgan fingerprint density at radius 1 is 1.15 bits per heavy atom. The van der Waals surface area contributed by atoms with E-state index in [4.69, 9.17) is 4.98 Å². The van der Waals surface area contributed by atoms with E-state index in [1.54, 1.807) is 0 Å². The first-order valence-corrected chi connectivity index (χ1v) is 10.9. The van der Waals surface area contributed by atoms with Crippen LogP contribution in [0.2, 0.25) is 0 Å². The van der Waals surface area contributed by atoms with Crippen LogP contribution in [-0.2, 0) is 17.8 Å². The lowest BCUT2D eigenvalue weighted by atomic mass is 9.79. The Morgan fingerprint density at radius 3 is 2.67 bits per heavy atom. The van der Waals surface area contributed by atoms with Crippen molar-refractivity contribution in [3.05, 3.63) is 30.1 Å². The molecule has 1 amide bonds. The molecule has 1 fully saturated rings. The molecule has 4 heteroatoms. The monoisotopic (exact) mass is 369 g/mol. The quantitative estimate of drug-likeness (QED) is 0.668. The summed E-state index contributed by atoms with van der Waals surface area (Å²) in [6, 6.07) is 8.31. The Hall–Kier alpha value is -1.84. The Balaban J connectivity index is 1.49. The number of imidazole rings is 1. The predicted molar refractivity (Wildman–Crippen MR) is 112 cm³/mol. The number of nitrogens with zero attached hydrogens (tertiary/aromatic N) is 2. The number of unbranched alkanes of at least 4 members (excludes halogenated alkanes) is 1. The van der Waals surface area contributed by atoms with E-state index < -0.39 is 0 Å². The fraction of sp³-hybridized carbons (Fsp3) is 0.652. The van der Waals surface area contributed by atoms with Crippen molar-refractivity contribution < 1.29 is 4.79 Å². The lowest BCUT2D eigenvalue weighted by molar-refractivity contribution is -0.126. The van der Waals surface area contributed by atoms with Gasteiger partial charge in [-0.2, -0.15) is 0 Å². The van der Waals surface area contributed by atoms with E-state index in [2.05, 4.69) is 41.9 Å². The van der Waals surface area contributed by atoms with Gasteiger partial charge in [-0.05, 0) is 50.2 Å². The van der Waals surface area contributed by atoms with Crippen molar-refractivity contribution >= 4 is 16.9 Å². The maximum Gasteiger partial charge on any atom is 0.223 e. The average Bonchev–Trinajstić information content (AvgIpc) is 3.04. The summed E-state index contributed by atoms with van der Waals surface area (Å²) in [4.78, 5) is 17.3. The van der Waals surface area contributed by atoms with Gasteiger partial charge in [0.25, 0.3) is 0 Å². The normalized spacial score (nSPS) is 20.1. The average molecular weight is 370 g/mol. The molecule has 1 aromatic carbocycles. The Labute approximate surface area is 163 Å². The lowest BCUT2D eigenvalue weighted by Crippen LogP contribution is -2.34. The Kier molecular flexibility index (Phi) is 7.31. The van der Waals surface area contributed by atoms with Gasteiger partial charge in [-0.3, -0.25) is 4.79 Å². The molecule has 1 aliphatic rings. The molecule has 148 valence electrons. The summed E-state index contributed by atoms with van der Waals surface area (Å²) in [5.74, 6) is 2.41. The van der Waals surface area contributed by atoms with Gasteiger partial charge >= 0.3 is 0 Å². The fourth-order valence-electron chi connectivity index (χ4n) is 4.44. The molecule has 0 atom stereocenters. The van der Waals surface area contributed by atoms with Crippen LogP contribution in [-0.4, -0.2) is 22.0 Å². The zero-order valence-electron chi connectivity index (χ0n) is 17.0. The molecule has 1 aliphatic carbocycles. The van der Waals surface area contributed by atoms with Crippen molar-refractivity contribution in [3.8, 4) is 0 Å². The molecule has 0 unspecified atom stereocenters. The van der Waals surface area contributed by atoms with Crippen LogP contribution in [0.1, 0.15) is 71.0 Å². The highest BCUT2D eigenvalue weighted by atomic mass is 16.1. The van der Waals surface area contributed by atoms with E-state index in [1.165, 1.54) is 37.6 Å². The Bertz CT molecular complexity index is 728. The van der Waals surface area contributed by atoms with Crippen LogP contribution in [0.25, 0.3) is 11.0 Å². The summed E-state index contributed by atoms with van der Waals surface area (Å²) in [5.41, 5.74) is 2.25. The van der Waals surface area contributed by atoms with Crippen LogP contribution in [0.4, 0.5) is 0 Å². The topological polar surface area (TPSA) is 46.9 Å². The molecule has 0 bridgehead atoms. The van der Waals surface area contributed by atoms with Crippen LogP contribution in [0.3, 0.4) is 0 Å². The molecule has 1 aromatic heterocycles. The summed E-state index contributed by atoms with van der Waals surface area (Å²) in [6.45, 7) is 6.11. The molecule has 3 rings (SSSR count). The summed E-state index contributed by atoms with van der Waals surface area (Å²) in [6.07, 6.45) is 10.4. The second kappa shape index (κ2) is 9.91. The number of nitrogens with one attached hydrogen (secondary N) is 1. The third kappa shape index (κ3) is 5.12. The van der Waals surface area contributed by atoms with E-state index in [1.807, 2.05) is 6.07 Å². The maximum atomic E-state index is 12.6. The summed E-state index contributed by atoms with van der Waals surface area (Å²) < 4.78 is 2.31. The molecular weight excluding hydrogens is 334 g/mol. The molecule has 1 saturated carbocycles. The van der Waals surface area contributed by atoms with Crippen molar-refractivity contribution in [3.63, 3.8) is 0 Å². The number of benzene rings is 1. The van der Waals surface area contributed by atoms with Crippen LogP contribution in [0, 0.1) is 11.8 Å². The second-order valence-corrected chi connectivity index (χ2v) is 8.07. The maximum absolute atomic E-state index is 12.6. The molecule has 1 heterocycles. The van der Waals surface area contributed by atoms with E-state index in [9.17, 15) is 4.79 Å². The number of aromatic nitrogens is 2. The minimum Gasteiger partial charge on any atom is -0.355 e. The van der Waals surface area contributed by atoms with Crippen molar-refractivity contribution in [2.45, 2.75) is 78.2 Å². The minimum absolute atomic E-state index is 0.220. The van der Waals surface area contributed by atoms with E-state index in [0.29, 0.717) is 6.54 Å². The van der Waals surface area contributed by atoms with Gasteiger partial charge in [0.05, 0.1) is 11.0 Å². The zero-order chi connectivity index (χ0) is 19.1. The summed E-state index contributed by atoms with van der Waals surface area (Å²) in [7, 11) is 0. The van der Waals surface area contributed by atoms with Gasteiger partial charge in [0.1, 0.15) is 5.82 Å². The van der Waals surface area contributed by atoms with Crippen molar-refractivity contribution in [2.75, 3.05) is 6.54 Å². The predicted octanol–water partition coefficient (Wildman–Crippen LogP) is 5.10. The lowest BCUT2D eigenvalue weighted by Gasteiger charge is -2.27. The van der Waals surface area contributed by atoms with Crippen LogP contribution >= 0.6 is 0 Å². The number of hydrogen-bond acceptors (Lipinski definition) is 2. The van der Waals surface area contributed by atoms with Crippen molar-refractivity contribution in [2.24, 2.45) is 11.8 Å². The number of carbonyl (C=O) groups is 1. The largest absolute Gasteiger partial charge is 0.355 e. The fourth-order valence-corrected chi connectivity index (χ4v) is 4.44. The smallest absolute Gasteiger partial charge is 0.223 e. The molecule has 0 radical (unpaired) electrons. The highest BCUT2D eigenvalue weighted by Gasteiger charge is 2.25. The highest BCUT2D eigenvalue weighted by Crippen LogP contribution is 2.31. The summed E-state index contributed by atoms with van der Waals surface area (Å²) >= 11 is 0. The number of fused-ring (bicyclic) bond motifs is 1. The number of rotatable bonds is 9. The molecule has 1 N–H and O–H groups in total. The van der Waals surface area contributed by atoms with E-state index in [0.717, 1.165) is 49.5 Å². The number of hydrogen-bond donors (Lipinski definition) is 1. The second-order valence-electron chi connectivity index (χ2n) is 8.07. The molecule has 2 aromatic rings. The molecule has 0 aliphatic heterocycles. The molecular formula is C23H35N3O. The molecule has 4 nitrogen and oxygen atoms in total. The molecule has 0 spiro atoms. The number of amides is 1. The third-order valence-electron chi connectivity index (χ3n) is 6.01. The van der Waals surface area contributed by atoms with Gasteiger partial charge in [0, 0.05) is 25.4 Å². The molecule has 0 saturated heterocycles. The van der Waals surface area contributed by atoms with Crippen molar-refractivity contribution in [1.29, 1.82) is 0 Å². The van der Waals surface area contributed by atoms with E-state index >= 15 is 0 Å². The van der Waals surface area contributed by atoms with Gasteiger partial charge in [-0.25, -0.2) is 4.98 Å². The Morgan fingerprint density at radius 2 is 1.93 bits per heavy atom. The van der Waals surface area contributed by atoms with Crippen LogP contribution < -0.4 is 5.32 Å². The van der Waals surface area contributed by atoms with Gasteiger partial charge < -0.3 is 9.88 Å². The highest BCUT2D eigenvalue weighted by molar-refractivity contribution is 5.78. The third-order valence-corrected chi connectivity index (χ3v) is 6.01. The number of aryl methyl sites for hydroxylation is 1. The zero-order valence-corrected chi connectivity index (χ0v) is 17.0. The molecule has 27 heavy (non-hydrogen) atoms.